The lowest BCUT2D eigenvalue weighted by Gasteiger charge is -2.26. The number of rotatable bonds is 6. The first-order valence-corrected chi connectivity index (χ1v) is 12.2. The zero-order chi connectivity index (χ0) is 23.4. The third-order valence-corrected chi connectivity index (χ3v) is 7.42. The maximum absolute atomic E-state index is 13.0. The topological polar surface area (TPSA) is 109 Å². The van der Waals surface area contributed by atoms with Crippen LogP contribution in [-0.2, 0) is 10.0 Å². The van der Waals surface area contributed by atoms with Crippen molar-refractivity contribution in [2.75, 3.05) is 23.7 Å². The Balaban J connectivity index is 1.52. The summed E-state index contributed by atoms with van der Waals surface area (Å²) in [6.07, 6.45) is 4.11. The first-order chi connectivity index (χ1) is 15.8. The van der Waals surface area contributed by atoms with Crippen LogP contribution < -0.4 is 10.6 Å². The van der Waals surface area contributed by atoms with Crippen LogP contribution in [0.3, 0.4) is 0 Å². The lowest BCUT2D eigenvalue weighted by atomic mass is 10.1. The maximum atomic E-state index is 13.0. The van der Waals surface area contributed by atoms with Crippen LogP contribution in [0, 0.1) is 6.92 Å². The minimum atomic E-state index is -3.65. The van der Waals surface area contributed by atoms with E-state index in [4.69, 9.17) is 4.42 Å². The van der Waals surface area contributed by atoms with Crippen molar-refractivity contribution in [3.63, 3.8) is 0 Å². The molecule has 1 saturated heterocycles. The molecule has 0 spiro atoms. The Morgan fingerprint density at radius 3 is 2.24 bits per heavy atom. The van der Waals surface area contributed by atoms with E-state index in [0.717, 1.165) is 19.3 Å². The van der Waals surface area contributed by atoms with Crippen molar-refractivity contribution in [2.24, 2.45) is 0 Å². The van der Waals surface area contributed by atoms with E-state index >= 15 is 0 Å². The minimum absolute atomic E-state index is 0.111. The fourth-order valence-electron chi connectivity index (χ4n) is 3.73. The van der Waals surface area contributed by atoms with Gasteiger partial charge in [-0.1, -0.05) is 18.6 Å². The van der Waals surface area contributed by atoms with E-state index in [0.29, 0.717) is 30.0 Å². The zero-order valence-electron chi connectivity index (χ0n) is 18.2. The van der Waals surface area contributed by atoms with E-state index in [9.17, 15) is 18.0 Å². The number of amides is 2. The smallest absolute Gasteiger partial charge is 0.291 e. The minimum Gasteiger partial charge on any atom is -0.459 e. The van der Waals surface area contributed by atoms with Crippen molar-refractivity contribution < 1.29 is 22.4 Å². The van der Waals surface area contributed by atoms with Gasteiger partial charge < -0.3 is 15.1 Å². The molecule has 0 bridgehead atoms. The molecule has 9 heteroatoms. The van der Waals surface area contributed by atoms with Crippen LogP contribution in [0.2, 0.25) is 0 Å². The summed E-state index contributed by atoms with van der Waals surface area (Å²) in [5.74, 6) is -0.667. The Bertz CT molecular complexity index is 1260. The fourth-order valence-corrected chi connectivity index (χ4v) is 5.28. The number of benzene rings is 2. The van der Waals surface area contributed by atoms with Gasteiger partial charge in [0.15, 0.2) is 5.76 Å². The molecule has 8 nitrogen and oxygen atoms in total. The molecule has 1 aliphatic rings. The van der Waals surface area contributed by atoms with Gasteiger partial charge in [0, 0.05) is 30.0 Å². The molecule has 3 aromatic rings. The number of sulfonamides is 1. The van der Waals surface area contributed by atoms with Crippen LogP contribution in [0.1, 0.15) is 45.7 Å². The Morgan fingerprint density at radius 1 is 0.879 bits per heavy atom. The normalized spacial score (nSPS) is 14.6. The molecule has 1 fully saturated rings. The highest BCUT2D eigenvalue weighted by molar-refractivity contribution is 7.89. The number of furan rings is 1. The summed E-state index contributed by atoms with van der Waals surface area (Å²) >= 11 is 0. The SMILES string of the molecule is Cc1ccc(S(=O)(=O)N2CCCCC2)cc1C(=O)Nc1cccc(NC(=O)c2ccco2)c1. The van der Waals surface area contributed by atoms with Gasteiger partial charge in [0.2, 0.25) is 10.0 Å². The van der Waals surface area contributed by atoms with E-state index in [-0.39, 0.29) is 16.2 Å². The molecule has 1 aromatic heterocycles. The second-order valence-corrected chi connectivity index (χ2v) is 9.85. The monoisotopic (exact) mass is 467 g/mol. The lowest BCUT2D eigenvalue weighted by molar-refractivity contribution is 0.0995. The van der Waals surface area contributed by atoms with E-state index in [1.54, 1.807) is 55.5 Å². The Kier molecular flexibility index (Phi) is 6.62. The fraction of sp³-hybridized carbons (Fsp3) is 0.250. The molecule has 0 unspecified atom stereocenters. The van der Waals surface area contributed by atoms with E-state index in [2.05, 4.69) is 10.6 Å². The highest BCUT2D eigenvalue weighted by atomic mass is 32.2. The average Bonchev–Trinajstić information content (AvgIpc) is 3.35. The summed E-state index contributed by atoms with van der Waals surface area (Å²) in [6.45, 7) is 2.74. The molecular formula is C24H25N3O5S. The van der Waals surface area contributed by atoms with Gasteiger partial charge >= 0.3 is 0 Å². The molecule has 2 N–H and O–H groups in total. The van der Waals surface area contributed by atoms with Gasteiger partial charge in [0.1, 0.15) is 0 Å². The standard InChI is InChI=1S/C24H25N3O5S/c1-17-10-11-20(33(30,31)27-12-3-2-4-13-27)16-21(17)23(28)25-18-7-5-8-19(15-18)26-24(29)22-9-6-14-32-22/h5-11,14-16H,2-4,12-13H2,1H3,(H,25,28)(H,26,29). The van der Waals surface area contributed by atoms with Gasteiger partial charge in [-0.3, -0.25) is 9.59 Å². The van der Waals surface area contributed by atoms with Crippen molar-refractivity contribution in [2.45, 2.75) is 31.1 Å². The highest BCUT2D eigenvalue weighted by Gasteiger charge is 2.27. The van der Waals surface area contributed by atoms with Gasteiger partial charge in [-0.05, 0) is 67.8 Å². The van der Waals surface area contributed by atoms with Crippen LogP contribution in [0.15, 0.2) is 70.2 Å². The summed E-state index contributed by atoms with van der Waals surface area (Å²) in [5, 5.41) is 5.49. The number of carbonyl (C=O) groups is 2. The molecule has 0 aliphatic carbocycles. The number of hydrogen-bond acceptors (Lipinski definition) is 5. The second kappa shape index (κ2) is 9.60. The number of hydrogen-bond donors (Lipinski definition) is 2. The van der Waals surface area contributed by atoms with Crippen molar-refractivity contribution in [3.8, 4) is 0 Å². The van der Waals surface area contributed by atoms with Gasteiger partial charge in [-0.25, -0.2) is 8.42 Å². The predicted octanol–water partition coefficient (Wildman–Crippen LogP) is 4.27. The molecular weight excluding hydrogens is 442 g/mol. The third-order valence-electron chi connectivity index (χ3n) is 5.53. The maximum Gasteiger partial charge on any atom is 0.291 e. The molecule has 172 valence electrons. The number of anilines is 2. The molecule has 1 aliphatic heterocycles. The molecule has 4 rings (SSSR count). The summed E-state index contributed by atoms with van der Waals surface area (Å²) in [7, 11) is -3.65. The van der Waals surface area contributed by atoms with Crippen LogP contribution in [0.25, 0.3) is 0 Å². The van der Waals surface area contributed by atoms with Crippen molar-refractivity contribution in [1.82, 2.24) is 4.31 Å². The number of carbonyl (C=O) groups excluding carboxylic acids is 2. The molecule has 33 heavy (non-hydrogen) atoms. The number of nitrogens with one attached hydrogen (secondary N) is 2. The van der Waals surface area contributed by atoms with E-state index in [1.165, 1.54) is 16.6 Å². The van der Waals surface area contributed by atoms with Gasteiger partial charge in [-0.2, -0.15) is 4.31 Å². The number of nitrogens with zero attached hydrogens (tertiary/aromatic N) is 1. The Morgan fingerprint density at radius 2 is 1.58 bits per heavy atom. The largest absolute Gasteiger partial charge is 0.459 e. The van der Waals surface area contributed by atoms with Gasteiger partial charge in [0.25, 0.3) is 11.8 Å². The van der Waals surface area contributed by atoms with E-state index in [1.807, 2.05) is 0 Å². The first kappa shape index (κ1) is 22.8. The third kappa shape index (κ3) is 5.15. The summed E-state index contributed by atoms with van der Waals surface area (Å²) in [4.78, 5) is 25.3. The molecule has 2 heterocycles. The predicted molar refractivity (Wildman–Crippen MR) is 125 cm³/mol. The summed E-state index contributed by atoms with van der Waals surface area (Å²) in [5.41, 5.74) is 1.87. The van der Waals surface area contributed by atoms with Gasteiger partial charge in [0.05, 0.1) is 11.2 Å². The summed E-state index contributed by atoms with van der Waals surface area (Å²) < 4.78 is 32.6. The van der Waals surface area contributed by atoms with Crippen LogP contribution in [0.5, 0.6) is 0 Å². The second-order valence-electron chi connectivity index (χ2n) is 7.91. The van der Waals surface area contributed by atoms with Crippen molar-refractivity contribution in [1.29, 1.82) is 0 Å². The molecule has 0 saturated carbocycles. The van der Waals surface area contributed by atoms with Crippen LogP contribution >= 0.6 is 0 Å². The molecule has 2 aromatic carbocycles. The first-order valence-electron chi connectivity index (χ1n) is 10.7. The molecule has 2 amide bonds. The number of aryl methyl sites for hydroxylation is 1. The Labute approximate surface area is 192 Å². The van der Waals surface area contributed by atoms with Gasteiger partial charge in [-0.15, -0.1) is 0 Å². The highest BCUT2D eigenvalue weighted by Crippen LogP contribution is 2.24. The Hall–Kier alpha value is -3.43. The summed E-state index contributed by atoms with van der Waals surface area (Å²) in [6, 6.07) is 14.5. The average molecular weight is 468 g/mol. The molecule has 0 atom stereocenters. The zero-order valence-corrected chi connectivity index (χ0v) is 19.0. The lowest BCUT2D eigenvalue weighted by Crippen LogP contribution is -2.35. The van der Waals surface area contributed by atoms with E-state index < -0.39 is 21.8 Å². The number of piperidine rings is 1. The van der Waals surface area contributed by atoms with Crippen molar-refractivity contribution >= 4 is 33.2 Å². The van der Waals surface area contributed by atoms with Crippen LogP contribution in [-0.4, -0.2) is 37.6 Å². The quantitative estimate of drug-likeness (QED) is 0.563. The molecule has 0 radical (unpaired) electrons. The van der Waals surface area contributed by atoms with Crippen LogP contribution in [0.4, 0.5) is 11.4 Å². The van der Waals surface area contributed by atoms with Crippen molar-refractivity contribution in [3.05, 3.63) is 77.7 Å².